The van der Waals surface area contributed by atoms with Gasteiger partial charge < -0.3 is 16.4 Å². The minimum Gasteiger partial charge on any atom is -0.376 e. The zero-order valence-corrected chi connectivity index (χ0v) is 12.7. The van der Waals surface area contributed by atoms with Crippen LogP contribution >= 0.6 is 11.6 Å². The van der Waals surface area contributed by atoms with Crippen LogP contribution < -0.4 is 16.4 Å². The molecule has 0 spiro atoms. The Morgan fingerprint density at radius 3 is 2.48 bits per heavy atom. The van der Waals surface area contributed by atoms with E-state index in [1.54, 1.807) is 30.3 Å². The molecule has 0 fully saturated rings. The molecule has 2 aromatic carbocycles. The molecule has 0 bridgehead atoms. The Morgan fingerprint density at radius 2 is 1.87 bits per heavy atom. The Hall–Kier alpha value is -3.04. The molecule has 0 aliphatic heterocycles. The van der Waals surface area contributed by atoms with E-state index in [9.17, 15) is 9.59 Å². The normalized spacial score (nSPS) is 9.74. The van der Waals surface area contributed by atoms with Crippen molar-refractivity contribution in [2.24, 2.45) is 5.73 Å². The number of nitrogens with zero attached hydrogens (tertiary/aromatic N) is 1. The van der Waals surface area contributed by atoms with Crippen LogP contribution in [0.4, 0.5) is 11.4 Å². The second-order valence-electron chi connectivity index (χ2n) is 4.65. The van der Waals surface area contributed by atoms with Crippen molar-refractivity contribution in [2.45, 2.75) is 0 Å². The molecular weight excluding hydrogens is 316 g/mol. The van der Waals surface area contributed by atoms with Crippen molar-refractivity contribution in [1.29, 1.82) is 5.26 Å². The van der Waals surface area contributed by atoms with E-state index in [0.29, 0.717) is 27.5 Å². The summed E-state index contributed by atoms with van der Waals surface area (Å²) < 4.78 is 0. The molecule has 116 valence electrons. The maximum Gasteiger partial charge on any atom is 0.248 e. The van der Waals surface area contributed by atoms with Crippen LogP contribution in [0.1, 0.15) is 15.9 Å². The van der Waals surface area contributed by atoms with Crippen LogP contribution in [0.2, 0.25) is 5.02 Å². The number of amides is 2. The zero-order chi connectivity index (χ0) is 16.8. The van der Waals surface area contributed by atoms with Crippen molar-refractivity contribution in [2.75, 3.05) is 17.2 Å². The van der Waals surface area contributed by atoms with Crippen molar-refractivity contribution in [3.8, 4) is 6.07 Å². The Balaban J connectivity index is 1.97. The fourth-order valence-corrected chi connectivity index (χ4v) is 2.02. The predicted molar refractivity (Wildman–Crippen MR) is 88.2 cm³/mol. The van der Waals surface area contributed by atoms with Gasteiger partial charge in [-0.25, -0.2) is 0 Å². The molecule has 0 unspecified atom stereocenters. The first-order valence-electron chi connectivity index (χ1n) is 6.63. The first-order valence-corrected chi connectivity index (χ1v) is 7.00. The SMILES string of the molecule is N#Cc1ccc(Cl)cc1NC(=O)CNc1ccc(C(N)=O)cc1. The lowest BCUT2D eigenvalue weighted by atomic mass is 10.2. The number of nitrogens with two attached hydrogens (primary N) is 1. The van der Waals surface area contributed by atoms with Gasteiger partial charge in [0.05, 0.1) is 17.8 Å². The average molecular weight is 329 g/mol. The topological polar surface area (TPSA) is 108 Å². The summed E-state index contributed by atoms with van der Waals surface area (Å²) in [7, 11) is 0. The van der Waals surface area contributed by atoms with Gasteiger partial charge in [0.15, 0.2) is 0 Å². The Bertz CT molecular complexity index is 782. The van der Waals surface area contributed by atoms with E-state index >= 15 is 0 Å². The first-order chi connectivity index (χ1) is 11.0. The molecule has 2 amide bonds. The van der Waals surface area contributed by atoms with Gasteiger partial charge in [-0.2, -0.15) is 5.26 Å². The maximum absolute atomic E-state index is 11.9. The van der Waals surface area contributed by atoms with Crippen molar-refractivity contribution in [3.05, 3.63) is 58.6 Å². The third kappa shape index (κ3) is 4.46. The van der Waals surface area contributed by atoms with Gasteiger partial charge in [-0.3, -0.25) is 9.59 Å². The first kappa shape index (κ1) is 16.3. The third-order valence-corrected chi connectivity index (χ3v) is 3.23. The smallest absolute Gasteiger partial charge is 0.248 e. The largest absolute Gasteiger partial charge is 0.376 e. The van der Waals surface area contributed by atoms with Crippen molar-refractivity contribution in [3.63, 3.8) is 0 Å². The van der Waals surface area contributed by atoms with Gasteiger partial charge >= 0.3 is 0 Å². The second-order valence-corrected chi connectivity index (χ2v) is 5.08. The number of hydrogen-bond donors (Lipinski definition) is 3. The molecule has 0 aromatic heterocycles. The number of rotatable bonds is 5. The number of carbonyl (C=O) groups is 2. The minimum atomic E-state index is -0.515. The molecule has 0 heterocycles. The number of hydrogen-bond acceptors (Lipinski definition) is 4. The van der Waals surface area contributed by atoms with Crippen molar-refractivity contribution >= 4 is 34.8 Å². The van der Waals surface area contributed by atoms with Crippen LogP contribution in [0.5, 0.6) is 0 Å². The monoisotopic (exact) mass is 328 g/mol. The van der Waals surface area contributed by atoms with Crippen LogP contribution in [0, 0.1) is 11.3 Å². The van der Waals surface area contributed by atoms with Crippen LogP contribution in [0.15, 0.2) is 42.5 Å². The summed E-state index contributed by atoms with van der Waals surface area (Å²) in [5, 5.41) is 15.0. The van der Waals surface area contributed by atoms with E-state index in [1.807, 2.05) is 6.07 Å². The lowest BCUT2D eigenvalue weighted by molar-refractivity contribution is -0.114. The standard InChI is InChI=1S/C16H13ClN4O2/c17-12-4-1-11(8-18)14(7-12)21-15(22)9-20-13-5-2-10(3-6-13)16(19)23/h1-7,20H,9H2,(H2,19,23)(H,21,22). The van der Waals surface area contributed by atoms with Gasteiger partial charge in [0, 0.05) is 16.3 Å². The molecule has 0 aliphatic carbocycles. The summed E-state index contributed by atoms with van der Waals surface area (Å²) in [6, 6.07) is 13.0. The average Bonchev–Trinajstić information content (AvgIpc) is 2.53. The molecule has 0 atom stereocenters. The Morgan fingerprint density at radius 1 is 1.17 bits per heavy atom. The van der Waals surface area contributed by atoms with E-state index < -0.39 is 5.91 Å². The molecule has 0 saturated heterocycles. The van der Waals surface area contributed by atoms with E-state index in [0.717, 1.165) is 0 Å². The summed E-state index contributed by atoms with van der Waals surface area (Å²) in [5.41, 5.74) is 6.89. The third-order valence-electron chi connectivity index (χ3n) is 3.00. The lowest BCUT2D eigenvalue weighted by Crippen LogP contribution is -2.22. The van der Waals surface area contributed by atoms with Gasteiger partial charge in [0.1, 0.15) is 6.07 Å². The van der Waals surface area contributed by atoms with Gasteiger partial charge in [-0.15, -0.1) is 0 Å². The number of benzene rings is 2. The summed E-state index contributed by atoms with van der Waals surface area (Å²) in [6.07, 6.45) is 0. The van der Waals surface area contributed by atoms with Gasteiger partial charge in [-0.05, 0) is 42.5 Å². The molecule has 0 radical (unpaired) electrons. The quantitative estimate of drug-likeness (QED) is 0.782. The molecule has 2 aromatic rings. The maximum atomic E-state index is 11.9. The number of nitriles is 1. The van der Waals surface area contributed by atoms with Gasteiger partial charge in [0.2, 0.25) is 11.8 Å². The van der Waals surface area contributed by atoms with Crippen molar-refractivity contribution in [1.82, 2.24) is 0 Å². The van der Waals surface area contributed by atoms with Crippen LogP contribution in [0.3, 0.4) is 0 Å². The molecule has 2 rings (SSSR count). The molecule has 4 N–H and O–H groups in total. The predicted octanol–water partition coefficient (Wildman–Crippen LogP) is 2.36. The Labute approximate surface area is 137 Å². The molecule has 0 aliphatic rings. The molecule has 6 nitrogen and oxygen atoms in total. The van der Waals surface area contributed by atoms with E-state index in [4.69, 9.17) is 22.6 Å². The van der Waals surface area contributed by atoms with E-state index in [2.05, 4.69) is 10.6 Å². The van der Waals surface area contributed by atoms with Crippen molar-refractivity contribution < 1.29 is 9.59 Å². The minimum absolute atomic E-state index is 0.00665. The van der Waals surface area contributed by atoms with E-state index in [-0.39, 0.29) is 12.5 Å². The molecule has 0 saturated carbocycles. The fraction of sp³-hybridized carbons (Fsp3) is 0.0625. The van der Waals surface area contributed by atoms with Gasteiger partial charge in [0.25, 0.3) is 0 Å². The second kappa shape index (κ2) is 7.29. The van der Waals surface area contributed by atoms with Gasteiger partial charge in [-0.1, -0.05) is 11.6 Å². The number of halogens is 1. The highest BCUT2D eigenvalue weighted by Gasteiger charge is 2.08. The Kier molecular flexibility index (Phi) is 5.18. The highest BCUT2D eigenvalue weighted by atomic mass is 35.5. The number of nitrogens with one attached hydrogen (secondary N) is 2. The number of carbonyl (C=O) groups excluding carboxylic acids is 2. The highest BCUT2D eigenvalue weighted by Crippen LogP contribution is 2.20. The summed E-state index contributed by atoms with van der Waals surface area (Å²) in [5.74, 6) is -0.845. The number of anilines is 2. The van der Waals surface area contributed by atoms with Crippen LogP contribution in [0.25, 0.3) is 0 Å². The van der Waals surface area contributed by atoms with Crippen LogP contribution in [-0.2, 0) is 4.79 Å². The lowest BCUT2D eigenvalue weighted by Gasteiger charge is -2.09. The molecule has 23 heavy (non-hydrogen) atoms. The summed E-state index contributed by atoms with van der Waals surface area (Å²) >= 11 is 5.86. The molecule has 7 heteroatoms. The molecular formula is C16H13ClN4O2. The summed E-state index contributed by atoms with van der Waals surface area (Å²) in [4.78, 5) is 22.9. The highest BCUT2D eigenvalue weighted by molar-refractivity contribution is 6.31. The number of primary amides is 1. The van der Waals surface area contributed by atoms with Crippen LogP contribution in [-0.4, -0.2) is 18.4 Å². The summed E-state index contributed by atoms with van der Waals surface area (Å²) in [6.45, 7) is -0.00665. The fourth-order valence-electron chi connectivity index (χ4n) is 1.85. The zero-order valence-electron chi connectivity index (χ0n) is 12.0. The van der Waals surface area contributed by atoms with E-state index in [1.165, 1.54) is 12.1 Å².